The van der Waals surface area contributed by atoms with Crippen LogP contribution in [0.25, 0.3) is 10.8 Å². The predicted octanol–water partition coefficient (Wildman–Crippen LogP) is 2.06. The van der Waals surface area contributed by atoms with Gasteiger partial charge in [-0.2, -0.15) is 10.2 Å². The molecule has 2 amide bonds. The standard InChI is InChI=1S/C22H27N7O3/c1-13(2)29-22(32)18-12-16(21(31)28-9-7-27(8-10-28)15(4)30)5-6-17(18)20(26-29)23-19-11-14(3)24-25-19/h5-6,11-13H,7-10H2,1-4H3,(H2,23,24,25,26). The fraction of sp³-hybridized carbons (Fsp3) is 0.409. The van der Waals surface area contributed by atoms with Gasteiger partial charge in [0.1, 0.15) is 0 Å². The van der Waals surface area contributed by atoms with Crippen LogP contribution >= 0.6 is 0 Å². The molecule has 1 aromatic carbocycles. The summed E-state index contributed by atoms with van der Waals surface area (Å²) in [5.74, 6) is 0.944. The Balaban J connectivity index is 1.71. The van der Waals surface area contributed by atoms with Crippen molar-refractivity contribution >= 4 is 34.2 Å². The Kier molecular flexibility index (Phi) is 5.68. The molecule has 0 unspecified atom stereocenters. The number of carbonyl (C=O) groups excluding carboxylic acids is 2. The van der Waals surface area contributed by atoms with Crippen LogP contribution in [0.5, 0.6) is 0 Å². The molecule has 1 saturated heterocycles. The zero-order valence-corrected chi connectivity index (χ0v) is 18.7. The molecule has 0 radical (unpaired) electrons. The number of H-pyrrole nitrogens is 1. The van der Waals surface area contributed by atoms with E-state index in [-0.39, 0.29) is 23.4 Å². The SMILES string of the molecule is CC(=O)N1CCN(C(=O)c2ccc3c(Nc4cc(C)[nH]n4)nn(C(C)C)c(=O)c3c2)CC1. The molecule has 2 aromatic heterocycles. The van der Waals surface area contributed by atoms with Crippen molar-refractivity contribution in [2.24, 2.45) is 0 Å². The highest BCUT2D eigenvalue weighted by molar-refractivity contribution is 6.01. The van der Waals surface area contributed by atoms with Gasteiger partial charge in [0.05, 0.1) is 11.4 Å². The molecule has 10 heteroatoms. The average molecular weight is 438 g/mol. The smallest absolute Gasteiger partial charge is 0.275 e. The molecule has 0 spiro atoms. The van der Waals surface area contributed by atoms with Crippen molar-refractivity contribution < 1.29 is 9.59 Å². The van der Waals surface area contributed by atoms with E-state index >= 15 is 0 Å². The third-order valence-corrected chi connectivity index (χ3v) is 5.62. The van der Waals surface area contributed by atoms with Crippen molar-refractivity contribution in [3.05, 3.63) is 45.9 Å². The van der Waals surface area contributed by atoms with Crippen LogP contribution in [0, 0.1) is 6.92 Å². The molecule has 3 heterocycles. The van der Waals surface area contributed by atoms with Crippen LogP contribution < -0.4 is 10.9 Å². The molecule has 1 aliphatic heterocycles. The minimum atomic E-state index is -0.255. The number of aromatic amines is 1. The first-order valence-corrected chi connectivity index (χ1v) is 10.6. The summed E-state index contributed by atoms with van der Waals surface area (Å²) in [6, 6.07) is 6.78. The van der Waals surface area contributed by atoms with Crippen LogP contribution in [0.15, 0.2) is 29.1 Å². The molecule has 4 rings (SSSR count). The number of piperazine rings is 1. The molecule has 0 aliphatic carbocycles. The number of benzene rings is 1. The van der Waals surface area contributed by atoms with Gasteiger partial charge in [-0.1, -0.05) is 0 Å². The number of aryl methyl sites for hydroxylation is 1. The lowest BCUT2D eigenvalue weighted by Gasteiger charge is -2.34. The van der Waals surface area contributed by atoms with E-state index in [1.807, 2.05) is 26.8 Å². The molecule has 10 nitrogen and oxygen atoms in total. The second kappa shape index (κ2) is 8.45. The van der Waals surface area contributed by atoms with Crippen LogP contribution in [0.3, 0.4) is 0 Å². The molecule has 0 bridgehead atoms. The topological polar surface area (TPSA) is 116 Å². The van der Waals surface area contributed by atoms with E-state index < -0.39 is 0 Å². The highest BCUT2D eigenvalue weighted by Crippen LogP contribution is 2.24. The number of hydrogen-bond donors (Lipinski definition) is 2. The van der Waals surface area contributed by atoms with Crippen molar-refractivity contribution in [3.63, 3.8) is 0 Å². The maximum Gasteiger partial charge on any atom is 0.275 e. The van der Waals surface area contributed by atoms with Gasteiger partial charge in [-0.15, -0.1) is 0 Å². The summed E-state index contributed by atoms with van der Waals surface area (Å²) in [5, 5.41) is 15.8. The predicted molar refractivity (Wildman–Crippen MR) is 121 cm³/mol. The number of nitrogens with one attached hydrogen (secondary N) is 2. The van der Waals surface area contributed by atoms with Gasteiger partial charge >= 0.3 is 0 Å². The Bertz CT molecular complexity index is 1240. The van der Waals surface area contributed by atoms with Crippen molar-refractivity contribution in [1.29, 1.82) is 0 Å². The number of carbonyl (C=O) groups is 2. The van der Waals surface area contributed by atoms with E-state index in [2.05, 4.69) is 20.6 Å². The number of amides is 2. The molecule has 1 aliphatic rings. The number of rotatable bonds is 4. The van der Waals surface area contributed by atoms with Gasteiger partial charge in [0, 0.05) is 55.8 Å². The fourth-order valence-corrected chi connectivity index (χ4v) is 3.84. The molecule has 1 fully saturated rings. The quantitative estimate of drug-likeness (QED) is 0.645. The molecular formula is C22H27N7O3. The van der Waals surface area contributed by atoms with E-state index in [1.165, 1.54) is 11.6 Å². The zero-order chi connectivity index (χ0) is 23.0. The lowest BCUT2D eigenvalue weighted by molar-refractivity contribution is -0.130. The second-order valence-electron chi connectivity index (χ2n) is 8.31. The summed E-state index contributed by atoms with van der Waals surface area (Å²) in [5.41, 5.74) is 1.08. The summed E-state index contributed by atoms with van der Waals surface area (Å²) < 4.78 is 1.41. The third-order valence-electron chi connectivity index (χ3n) is 5.62. The molecule has 32 heavy (non-hydrogen) atoms. The van der Waals surface area contributed by atoms with Gasteiger partial charge in [0.25, 0.3) is 11.5 Å². The van der Waals surface area contributed by atoms with Gasteiger partial charge in [-0.05, 0) is 39.0 Å². The number of aromatic nitrogens is 4. The molecule has 3 aromatic rings. The van der Waals surface area contributed by atoms with Crippen LogP contribution in [-0.2, 0) is 4.79 Å². The van der Waals surface area contributed by atoms with E-state index in [1.54, 1.807) is 28.0 Å². The van der Waals surface area contributed by atoms with Crippen LogP contribution in [0.2, 0.25) is 0 Å². The second-order valence-corrected chi connectivity index (χ2v) is 8.31. The Morgan fingerprint density at radius 1 is 1.06 bits per heavy atom. The summed E-state index contributed by atoms with van der Waals surface area (Å²) in [7, 11) is 0. The number of hydrogen-bond acceptors (Lipinski definition) is 6. The molecule has 0 atom stereocenters. The normalized spacial score (nSPS) is 14.3. The van der Waals surface area contributed by atoms with Crippen molar-refractivity contribution in [2.75, 3.05) is 31.5 Å². The Morgan fingerprint density at radius 2 is 1.75 bits per heavy atom. The summed E-state index contributed by atoms with van der Waals surface area (Å²) in [6.07, 6.45) is 0. The van der Waals surface area contributed by atoms with Crippen LogP contribution in [0.4, 0.5) is 11.6 Å². The first-order valence-electron chi connectivity index (χ1n) is 10.6. The Labute approximate surface area is 185 Å². The average Bonchev–Trinajstić information content (AvgIpc) is 3.19. The molecule has 0 saturated carbocycles. The number of nitrogens with zero attached hydrogens (tertiary/aromatic N) is 5. The molecular weight excluding hydrogens is 410 g/mol. The van der Waals surface area contributed by atoms with Gasteiger partial charge in [-0.25, -0.2) is 4.68 Å². The lowest BCUT2D eigenvalue weighted by Crippen LogP contribution is -2.50. The van der Waals surface area contributed by atoms with E-state index in [0.29, 0.717) is 54.2 Å². The summed E-state index contributed by atoms with van der Waals surface area (Å²) >= 11 is 0. The van der Waals surface area contributed by atoms with Gasteiger partial charge in [0.2, 0.25) is 5.91 Å². The Morgan fingerprint density at radius 3 is 2.34 bits per heavy atom. The van der Waals surface area contributed by atoms with Gasteiger partial charge in [0.15, 0.2) is 11.6 Å². The van der Waals surface area contributed by atoms with Crippen molar-refractivity contribution in [2.45, 2.75) is 33.7 Å². The highest BCUT2D eigenvalue weighted by Gasteiger charge is 2.24. The molecule has 168 valence electrons. The minimum absolute atomic E-state index is 0.0108. The van der Waals surface area contributed by atoms with E-state index in [4.69, 9.17) is 0 Å². The molecule has 2 N–H and O–H groups in total. The first-order chi connectivity index (χ1) is 15.2. The van der Waals surface area contributed by atoms with Gasteiger partial charge < -0.3 is 15.1 Å². The highest BCUT2D eigenvalue weighted by atomic mass is 16.2. The Hall–Kier alpha value is -3.69. The zero-order valence-electron chi connectivity index (χ0n) is 18.7. The number of fused-ring (bicyclic) bond motifs is 1. The minimum Gasteiger partial charge on any atom is -0.339 e. The lowest BCUT2D eigenvalue weighted by atomic mass is 10.1. The maximum atomic E-state index is 13.1. The van der Waals surface area contributed by atoms with E-state index in [0.717, 1.165) is 5.69 Å². The third kappa shape index (κ3) is 4.08. The largest absolute Gasteiger partial charge is 0.339 e. The monoisotopic (exact) mass is 437 g/mol. The van der Waals surface area contributed by atoms with E-state index in [9.17, 15) is 14.4 Å². The number of anilines is 2. The first kappa shape index (κ1) is 21.5. The maximum absolute atomic E-state index is 13.1. The summed E-state index contributed by atoms with van der Waals surface area (Å²) in [6.45, 7) is 9.14. The van der Waals surface area contributed by atoms with Crippen molar-refractivity contribution in [1.82, 2.24) is 29.8 Å². The van der Waals surface area contributed by atoms with Crippen LogP contribution in [0.1, 0.15) is 42.9 Å². The fourth-order valence-electron chi connectivity index (χ4n) is 3.84. The summed E-state index contributed by atoms with van der Waals surface area (Å²) in [4.78, 5) is 41.2. The van der Waals surface area contributed by atoms with Gasteiger partial charge in [-0.3, -0.25) is 19.5 Å². The van der Waals surface area contributed by atoms with Crippen molar-refractivity contribution in [3.8, 4) is 0 Å². The van der Waals surface area contributed by atoms with Crippen LogP contribution in [-0.4, -0.2) is 67.8 Å².